The number of likely N-dealkylation sites (tertiary alicyclic amines) is 1. The van der Waals surface area contributed by atoms with Crippen LogP contribution in [0.4, 0.5) is 4.39 Å². The molecule has 23 heavy (non-hydrogen) atoms. The van der Waals surface area contributed by atoms with Gasteiger partial charge in [-0.1, -0.05) is 30.3 Å². The normalized spacial score (nSPS) is 20.2. The number of carboxylic acids is 1. The first-order chi connectivity index (χ1) is 10.9. The van der Waals surface area contributed by atoms with Gasteiger partial charge in [-0.2, -0.15) is 0 Å². The first kappa shape index (κ1) is 16.9. The molecule has 1 aliphatic heterocycles. The van der Waals surface area contributed by atoms with Gasteiger partial charge in [0.1, 0.15) is 6.67 Å². The third-order valence-electron chi connectivity index (χ3n) is 4.05. The van der Waals surface area contributed by atoms with Crippen molar-refractivity contribution in [3.8, 4) is 0 Å². The number of aliphatic carboxylic acids is 1. The van der Waals surface area contributed by atoms with Crippen molar-refractivity contribution in [3.05, 3.63) is 35.9 Å². The van der Waals surface area contributed by atoms with Crippen molar-refractivity contribution in [2.24, 2.45) is 5.92 Å². The Morgan fingerprint density at radius 3 is 2.61 bits per heavy atom. The van der Waals surface area contributed by atoms with E-state index in [1.165, 1.54) is 0 Å². The van der Waals surface area contributed by atoms with E-state index in [1.807, 2.05) is 37.3 Å². The second kappa shape index (κ2) is 7.21. The molecule has 1 saturated heterocycles. The van der Waals surface area contributed by atoms with Crippen LogP contribution in [0.25, 0.3) is 0 Å². The number of nitrogens with one attached hydrogen (secondary N) is 1. The highest BCUT2D eigenvalue weighted by molar-refractivity contribution is 5.91. The summed E-state index contributed by atoms with van der Waals surface area (Å²) in [5.74, 6) is -2.87. The Labute approximate surface area is 133 Å². The summed E-state index contributed by atoms with van der Waals surface area (Å²) in [5, 5.41) is 10.9. The van der Waals surface area contributed by atoms with E-state index in [2.05, 4.69) is 5.32 Å². The van der Waals surface area contributed by atoms with E-state index in [-0.39, 0.29) is 24.9 Å². The van der Waals surface area contributed by atoms with Crippen LogP contribution in [0, 0.1) is 5.92 Å². The zero-order valence-electron chi connectivity index (χ0n) is 12.7. The highest BCUT2D eigenvalue weighted by atomic mass is 19.1. The van der Waals surface area contributed by atoms with E-state index < -0.39 is 30.5 Å². The molecule has 1 heterocycles. The first-order valence-electron chi connectivity index (χ1n) is 7.37. The lowest BCUT2D eigenvalue weighted by molar-refractivity contribution is -0.142. The second-order valence-corrected chi connectivity index (χ2v) is 5.59. The summed E-state index contributed by atoms with van der Waals surface area (Å²) >= 11 is 0. The van der Waals surface area contributed by atoms with Gasteiger partial charge < -0.3 is 15.3 Å². The van der Waals surface area contributed by atoms with Gasteiger partial charge in [0.25, 0.3) is 0 Å². The second-order valence-electron chi connectivity index (χ2n) is 5.59. The molecule has 0 radical (unpaired) electrons. The number of carbonyl (C=O) groups is 3. The van der Waals surface area contributed by atoms with Gasteiger partial charge in [0.2, 0.25) is 11.8 Å². The molecule has 1 aliphatic rings. The molecule has 124 valence electrons. The number of hydrogen-bond acceptors (Lipinski definition) is 3. The lowest BCUT2D eigenvalue weighted by Crippen LogP contribution is -2.45. The Morgan fingerprint density at radius 2 is 2.04 bits per heavy atom. The number of carboxylic acid groups (broad SMARTS) is 1. The number of hydrogen-bond donors (Lipinski definition) is 2. The average Bonchev–Trinajstić information content (AvgIpc) is 2.94. The minimum atomic E-state index is -1.57. The third-order valence-corrected chi connectivity index (χ3v) is 4.05. The van der Waals surface area contributed by atoms with E-state index >= 15 is 0 Å². The van der Waals surface area contributed by atoms with Crippen molar-refractivity contribution in [2.75, 3.05) is 13.2 Å². The molecule has 7 heteroatoms. The van der Waals surface area contributed by atoms with Crippen LogP contribution in [-0.2, 0) is 14.4 Å². The molecule has 2 N–H and O–H groups in total. The van der Waals surface area contributed by atoms with Crippen LogP contribution in [0.2, 0.25) is 0 Å². The molecule has 0 aliphatic carbocycles. The summed E-state index contributed by atoms with van der Waals surface area (Å²) in [6.07, 6.45) is 0.00162. The topological polar surface area (TPSA) is 86.7 Å². The third kappa shape index (κ3) is 3.85. The summed E-state index contributed by atoms with van der Waals surface area (Å²) in [6.45, 7) is 0.875. The Morgan fingerprint density at radius 1 is 1.39 bits per heavy atom. The fraction of sp³-hybridized carbons (Fsp3) is 0.438. The van der Waals surface area contributed by atoms with Crippen LogP contribution in [0.15, 0.2) is 30.3 Å². The van der Waals surface area contributed by atoms with Crippen molar-refractivity contribution < 1.29 is 23.9 Å². The summed E-state index contributed by atoms with van der Waals surface area (Å²) in [7, 11) is 0. The number of amides is 2. The van der Waals surface area contributed by atoms with Gasteiger partial charge in [0.05, 0.1) is 12.0 Å². The van der Waals surface area contributed by atoms with Crippen LogP contribution in [0.5, 0.6) is 0 Å². The number of benzene rings is 1. The Kier molecular flexibility index (Phi) is 5.31. The maximum Gasteiger partial charge on any atom is 0.328 e. The summed E-state index contributed by atoms with van der Waals surface area (Å²) < 4.78 is 12.6. The molecule has 0 bridgehead atoms. The minimum Gasteiger partial charge on any atom is -0.480 e. The maximum absolute atomic E-state index is 12.6. The highest BCUT2D eigenvalue weighted by Gasteiger charge is 2.38. The molecule has 3 atom stereocenters. The number of alkyl halides is 1. The van der Waals surface area contributed by atoms with E-state index in [1.54, 1.807) is 4.90 Å². The largest absolute Gasteiger partial charge is 0.480 e. The SMILES string of the molecule is CC(c1ccccc1)N1CC(C(=O)NC(CF)C(=O)O)CC1=O. The molecular weight excluding hydrogens is 303 g/mol. The van der Waals surface area contributed by atoms with Crippen molar-refractivity contribution in [3.63, 3.8) is 0 Å². The van der Waals surface area contributed by atoms with Crippen molar-refractivity contribution >= 4 is 17.8 Å². The van der Waals surface area contributed by atoms with Gasteiger partial charge in [-0.05, 0) is 12.5 Å². The Hall–Kier alpha value is -2.44. The van der Waals surface area contributed by atoms with Crippen LogP contribution in [0.3, 0.4) is 0 Å². The molecule has 1 fully saturated rings. The molecule has 0 aromatic heterocycles. The number of carbonyl (C=O) groups excluding carboxylic acids is 2. The van der Waals surface area contributed by atoms with Crippen LogP contribution >= 0.6 is 0 Å². The van der Waals surface area contributed by atoms with Crippen molar-refractivity contribution in [2.45, 2.75) is 25.4 Å². The molecule has 0 spiro atoms. The van der Waals surface area contributed by atoms with E-state index in [0.717, 1.165) is 5.56 Å². The van der Waals surface area contributed by atoms with Crippen LogP contribution in [0.1, 0.15) is 24.9 Å². The fourth-order valence-electron chi connectivity index (χ4n) is 2.65. The number of nitrogens with zero attached hydrogens (tertiary/aromatic N) is 1. The van der Waals surface area contributed by atoms with Gasteiger partial charge in [-0.25, -0.2) is 9.18 Å². The molecule has 6 nitrogen and oxygen atoms in total. The highest BCUT2D eigenvalue weighted by Crippen LogP contribution is 2.28. The Balaban J connectivity index is 2.02. The zero-order valence-corrected chi connectivity index (χ0v) is 12.7. The van der Waals surface area contributed by atoms with Crippen LogP contribution < -0.4 is 5.32 Å². The molecular formula is C16H19FN2O4. The van der Waals surface area contributed by atoms with Crippen molar-refractivity contribution in [1.82, 2.24) is 10.2 Å². The van der Waals surface area contributed by atoms with Gasteiger partial charge in [0, 0.05) is 13.0 Å². The van der Waals surface area contributed by atoms with Gasteiger partial charge >= 0.3 is 5.97 Å². The standard InChI is InChI=1S/C16H19FN2O4/c1-10(11-5-3-2-4-6-11)19-9-12(7-14(19)20)15(21)18-13(8-17)16(22)23/h2-6,10,12-13H,7-9H2,1H3,(H,18,21)(H,22,23). The lowest BCUT2D eigenvalue weighted by atomic mass is 10.1. The fourth-order valence-corrected chi connectivity index (χ4v) is 2.65. The summed E-state index contributed by atoms with van der Waals surface area (Å²) in [4.78, 5) is 36.6. The summed E-state index contributed by atoms with van der Waals surface area (Å²) in [5.41, 5.74) is 0.953. The maximum atomic E-state index is 12.6. The predicted octanol–water partition coefficient (Wildman–Crippen LogP) is 1.13. The summed E-state index contributed by atoms with van der Waals surface area (Å²) in [6, 6.07) is 7.66. The predicted molar refractivity (Wildman–Crippen MR) is 80.2 cm³/mol. The van der Waals surface area contributed by atoms with Crippen LogP contribution in [-0.4, -0.2) is 47.1 Å². The quantitative estimate of drug-likeness (QED) is 0.822. The smallest absolute Gasteiger partial charge is 0.328 e. The minimum absolute atomic E-state index is 0.00162. The molecule has 3 unspecified atom stereocenters. The number of rotatable bonds is 6. The molecule has 0 saturated carbocycles. The zero-order chi connectivity index (χ0) is 17.0. The van der Waals surface area contributed by atoms with Crippen molar-refractivity contribution in [1.29, 1.82) is 0 Å². The van der Waals surface area contributed by atoms with E-state index in [9.17, 15) is 18.8 Å². The Bertz CT molecular complexity index is 593. The molecule has 2 rings (SSSR count). The first-order valence-corrected chi connectivity index (χ1v) is 7.37. The van der Waals surface area contributed by atoms with Gasteiger partial charge in [-0.3, -0.25) is 9.59 Å². The number of halogens is 1. The van der Waals surface area contributed by atoms with Gasteiger partial charge in [0.15, 0.2) is 6.04 Å². The van der Waals surface area contributed by atoms with Gasteiger partial charge in [-0.15, -0.1) is 0 Å². The molecule has 1 aromatic rings. The molecule has 2 amide bonds. The lowest BCUT2D eigenvalue weighted by Gasteiger charge is -2.25. The molecule has 1 aromatic carbocycles. The average molecular weight is 322 g/mol. The van der Waals surface area contributed by atoms with E-state index in [4.69, 9.17) is 5.11 Å². The van der Waals surface area contributed by atoms with E-state index in [0.29, 0.717) is 0 Å². The monoisotopic (exact) mass is 322 g/mol.